The Kier molecular flexibility index (Phi) is 2.48. The quantitative estimate of drug-likeness (QED) is 0.822. The standard InChI is InChI=1S/C12H17N3S/c1-8-10-7-11(9-3-5-13-6-4-9)16-12(10)15(2)14-8/h7,9,13H,3-6H2,1-2H3. The molecule has 86 valence electrons. The molecule has 0 atom stereocenters. The molecule has 1 aliphatic heterocycles. The van der Waals surface area contributed by atoms with Gasteiger partial charge >= 0.3 is 0 Å². The Morgan fingerprint density at radius 2 is 2.19 bits per heavy atom. The normalized spacial score (nSPS) is 18.4. The lowest BCUT2D eigenvalue weighted by molar-refractivity contribution is 0.465. The second-order valence-electron chi connectivity index (χ2n) is 4.60. The van der Waals surface area contributed by atoms with E-state index in [1.165, 1.54) is 23.1 Å². The molecule has 4 heteroatoms. The van der Waals surface area contributed by atoms with Gasteiger partial charge in [-0.2, -0.15) is 5.10 Å². The molecule has 16 heavy (non-hydrogen) atoms. The van der Waals surface area contributed by atoms with Gasteiger partial charge in [0.15, 0.2) is 0 Å². The topological polar surface area (TPSA) is 29.9 Å². The predicted molar refractivity (Wildman–Crippen MR) is 68.2 cm³/mol. The molecule has 3 nitrogen and oxygen atoms in total. The summed E-state index contributed by atoms with van der Waals surface area (Å²) < 4.78 is 2.01. The van der Waals surface area contributed by atoms with Crippen LogP contribution in [0.1, 0.15) is 29.3 Å². The molecule has 0 radical (unpaired) electrons. The molecule has 0 bridgehead atoms. The van der Waals surface area contributed by atoms with Gasteiger partial charge in [-0.1, -0.05) is 0 Å². The van der Waals surface area contributed by atoms with Gasteiger partial charge in [-0.25, -0.2) is 0 Å². The molecule has 1 fully saturated rings. The lowest BCUT2D eigenvalue weighted by Crippen LogP contribution is -2.26. The average molecular weight is 235 g/mol. The van der Waals surface area contributed by atoms with Crippen molar-refractivity contribution in [2.45, 2.75) is 25.7 Å². The van der Waals surface area contributed by atoms with Crippen molar-refractivity contribution in [2.24, 2.45) is 7.05 Å². The van der Waals surface area contributed by atoms with Crippen molar-refractivity contribution in [1.82, 2.24) is 15.1 Å². The molecule has 3 heterocycles. The van der Waals surface area contributed by atoms with Gasteiger partial charge in [0.05, 0.1) is 5.69 Å². The summed E-state index contributed by atoms with van der Waals surface area (Å²) >= 11 is 1.92. The first-order valence-corrected chi connectivity index (χ1v) is 6.71. The Labute approximate surface area is 99.5 Å². The van der Waals surface area contributed by atoms with E-state index in [-0.39, 0.29) is 0 Å². The summed E-state index contributed by atoms with van der Waals surface area (Å²) in [6, 6.07) is 2.36. The van der Waals surface area contributed by atoms with E-state index in [2.05, 4.69) is 23.4 Å². The molecule has 0 amide bonds. The van der Waals surface area contributed by atoms with Crippen LogP contribution in [-0.4, -0.2) is 22.9 Å². The summed E-state index contributed by atoms with van der Waals surface area (Å²) in [6.07, 6.45) is 2.55. The van der Waals surface area contributed by atoms with E-state index in [1.807, 2.05) is 23.1 Å². The van der Waals surface area contributed by atoms with Crippen molar-refractivity contribution in [1.29, 1.82) is 0 Å². The van der Waals surface area contributed by atoms with Crippen LogP contribution in [-0.2, 0) is 7.05 Å². The minimum atomic E-state index is 0.762. The minimum Gasteiger partial charge on any atom is -0.317 e. The lowest BCUT2D eigenvalue weighted by atomic mass is 9.96. The molecule has 0 unspecified atom stereocenters. The predicted octanol–water partition coefficient (Wildman–Crippen LogP) is 2.41. The maximum atomic E-state index is 4.45. The molecule has 1 saturated heterocycles. The maximum absolute atomic E-state index is 4.45. The second kappa shape index (κ2) is 3.86. The first kappa shape index (κ1) is 10.3. The largest absolute Gasteiger partial charge is 0.317 e. The Bertz CT molecular complexity index is 471. The number of thiophene rings is 1. The molecule has 0 spiro atoms. The smallest absolute Gasteiger partial charge is 0.121 e. The van der Waals surface area contributed by atoms with Crippen LogP contribution in [0.4, 0.5) is 0 Å². The van der Waals surface area contributed by atoms with Gasteiger partial charge in [0.1, 0.15) is 4.83 Å². The summed E-state index contributed by atoms with van der Waals surface area (Å²) in [7, 11) is 2.04. The molecule has 1 aliphatic rings. The fourth-order valence-electron chi connectivity index (χ4n) is 2.53. The molecule has 1 N–H and O–H groups in total. The minimum absolute atomic E-state index is 0.762. The number of hydrogen-bond acceptors (Lipinski definition) is 3. The van der Waals surface area contributed by atoms with Gasteiger partial charge in [-0.05, 0) is 44.8 Å². The number of hydrogen-bond donors (Lipinski definition) is 1. The highest BCUT2D eigenvalue weighted by Gasteiger charge is 2.19. The van der Waals surface area contributed by atoms with Crippen LogP contribution in [0.15, 0.2) is 6.07 Å². The van der Waals surface area contributed by atoms with E-state index >= 15 is 0 Å². The highest BCUT2D eigenvalue weighted by molar-refractivity contribution is 7.18. The Morgan fingerprint density at radius 3 is 2.88 bits per heavy atom. The van der Waals surface area contributed by atoms with E-state index in [1.54, 1.807) is 4.88 Å². The highest BCUT2D eigenvalue weighted by atomic mass is 32.1. The lowest BCUT2D eigenvalue weighted by Gasteiger charge is -2.21. The van der Waals surface area contributed by atoms with Crippen LogP contribution < -0.4 is 5.32 Å². The molecule has 0 aliphatic carbocycles. The van der Waals surface area contributed by atoms with Gasteiger partial charge in [-0.3, -0.25) is 4.68 Å². The Hall–Kier alpha value is -0.870. The van der Waals surface area contributed by atoms with Crippen LogP contribution >= 0.6 is 11.3 Å². The number of piperidine rings is 1. The van der Waals surface area contributed by atoms with Crippen molar-refractivity contribution >= 4 is 21.6 Å². The van der Waals surface area contributed by atoms with Crippen LogP contribution in [0.25, 0.3) is 10.2 Å². The zero-order valence-electron chi connectivity index (χ0n) is 9.79. The summed E-state index contributed by atoms with van der Waals surface area (Å²) in [4.78, 5) is 2.87. The first-order valence-electron chi connectivity index (χ1n) is 5.89. The fraction of sp³-hybridized carbons (Fsp3) is 0.583. The summed E-state index contributed by atoms with van der Waals surface area (Å²) in [5, 5.41) is 9.22. The van der Waals surface area contributed by atoms with E-state index in [0.717, 1.165) is 24.7 Å². The zero-order chi connectivity index (χ0) is 11.1. The number of aromatic nitrogens is 2. The number of nitrogens with zero attached hydrogens (tertiary/aromatic N) is 2. The molecular formula is C12H17N3S. The summed E-state index contributed by atoms with van der Waals surface area (Å²) in [6.45, 7) is 4.42. The number of rotatable bonds is 1. The van der Waals surface area contributed by atoms with Crippen molar-refractivity contribution in [3.8, 4) is 0 Å². The van der Waals surface area contributed by atoms with Crippen molar-refractivity contribution in [2.75, 3.05) is 13.1 Å². The second-order valence-corrected chi connectivity index (χ2v) is 5.66. The number of fused-ring (bicyclic) bond motifs is 1. The fourth-order valence-corrected chi connectivity index (χ4v) is 3.82. The zero-order valence-corrected chi connectivity index (χ0v) is 10.6. The van der Waals surface area contributed by atoms with Crippen molar-refractivity contribution in [3.05, 3.63) is 16.6 Å². The SMILES string of the molecule is Cc1nn(C)c2sc(C3CCNCC3)cc12. The van der Waals surface area contributed by atoms with Crippen LogP contribution in [0, 0.1) is 6.92 Å². The Balaban J connectivity index is 2.01. The molecule has 0 saturated carbocycles. The first-order chi connectivity index (χ1) is 7.75. The molecule has 0 aromatic carbocycles. The highest BCUT2D eigenvalue weighted by Crippen LogP contribution is 2.35. The number of aryl methyl sites for hydroxylation is 2. The van der Waals surface area contributed by atoms with E-state index < -0.39 is 0 Å². The van der Waals surface area contributed by atoms with Gasteiger partial charge in [0, 0.05) is 17.3 Å². The van der Waals surface area contributed by atoms with Gasteiger partial charge in [0.2, 0.25) is 0 Å². The average Bonchev–Trinajstić information content (AvgIpc) is 2.83. The van der Waals surface area contributed by atoms with Crippen LogP contribution in [0.3, 0.4) is 0 Å². The molecular weight excluding hydrogens is 218 g/mol. The van der Waals surface area contributed by atoms with Gasteiger partial charge in [0.25, 0.3) is 0 Å². The summed E-state index contributed by atoms with van der Waals surface area (Å²) in [5.74, 6) is 0.762. The maximum Gasteiger partial charge on any atom is 0.121 e. The van der Waals surface area contributed by atoms with Crippen molar-refractivity contribution in [3.63, 3.8) is 0 Å². The third-order valence-electron chi connectivity index (χ3n) is 3.46. The molecule has 2 aromatic rings. The third-order valence-corrected chi connectivity index (χ3v) is 4.82. The van der Waals surface area contributed by atoms with Gasteiger partial charge < -0.3 is 5.32 Å². The monoisotopic (exact) mass is 235 g/mol. The molecule has 3 rings (SSSR count). The van der Waals surface area contributed by atoms with Crippen LogP contribution in [0.5, 0.6) is 0 Å². The van der Waals surface area contributed by atoms with E-state index in [9.17, 15) is 0 Å². The Morgan fingerprint density at radius 1 is 1.44 bits per heavy atom. The van der Waals surface area contributed by atoms with Crippen molar-refractivity contribution < 1.29 is 0 Å². The van der Waals surface area contributed by atoms with Crippen LogP contribution in [0.2, 0.25) is 0 Å². The van der Waals surface area contributed by atoms with Gasteiger partial charge in [-0.15, -0.1) is 11.3 Å². The third kappa shape index (κ3) is 1.57. The van der Waals surface area contributed by atoms with E-state index in [4.69, 9.17) is 0 Å². The summed E-state index contributed by atoms with van der Waals surface area (Å²) in [5.41, 5.74) is 1.16. The van der Waals surface area contributed by atoms with E-state index in [0.29, 0.717) is 0 Å². The number of nitrogens with one attached hydrogen (secondary N) is 1. The molecule has 2 aromatic heterocycles.